The molecule has 0 fully saturated rings. The van der Waals surface area contributed by atoms with Crippen molar-refractivity contribution in [3.8, 4) is 0 Å². The summed E-state index contributed by atoms with van der Waals surface area (Å²) in [5.74, 6) is -1.27. The topological polar surface area (TPSA) is 0 Å². The van der Waals surface area contributed by atoms with Crippen LogP contribution in [-0.4, -0.2) is 0 Å². The first kappa shape index (κ1) is 9.77. The van der Waals surface area contributed by atoms with Crippen molar-refractivity contribution in [2.45, 2.75) is 6.18 Å². The second-order valence-electron chi connectivity index (χ2n) is 2.44. The van der Waals surface area contributed by atoms with Crippen molar-refractivity contribution in [1.82, 2.24) is 0 Å². The number of hydrogen-bond donors (Lipinski definition) is 0. The van der Waals surface area contributed by atoms with Gasteiger partial charge >= 0.3 is 6.18 Å². The third kappa shape index (κ3) is 2.08. The Morgan fingerprint density at radius 2 is 1.85 bits per heavy atom. The minimum atomic E-state index is -4.65. The molecule has 0 atom stereocenters. The molecule has 4 heteroatoms. The summed E-state index contributed by atoms with van der Waals surface area (Å²) in [6.45, 7) is 3.29. The van der Waals surface area contributed by atoms with E-state index in [2.05, 4.69) is 6.58 Å². The lowest BCUT2D eigenvalue weighted by molar-refractivity contribution is -0.140. The Labute approximate surface area is 72.5 Å². The van der Waals surface area contributed by atoms with E-state index in [1.165, 1.54) is 12.1 Å². The third-order valence-corrected chi connectivity index (χ3v) is 1.53. The molecule has 0 N–H and O–H groups in total. The van der Waals surface area contributed by atoms with Crippen molar-refractivity contribution in [1.29, 1.82) is 0 Å². The van der Waals surface area contributed by atoms with E-state index in [4.69, 9.17) is 0 Å². The third-order valence-electron chi connectivity index (χ3n) is 1.53. The van der Waals surface area contributed by atoms with Crippen LogP contribution in [-0.2, 0) is 6.18 Å². The number of hydrogen-bond acceptors (Lipinski definition) is 0. The van der Waals surface area contributed by atoms with Crippen LogP contribution in [0.3, 0.4) is 0 Å². The van der Waals surface area contributed by atoms with E-state index in [1.807, 2.05) is 0 Å². The maximum atomic E-state index is 12.6. The van der Waals surface area contributed by atoms with E-state index < -0.39 is 17.6 Å². The van der Waals surface area contributed by atoms with E-state index in [0.717, 1.165) is 12.1 Å². The lowest BCUT2D eigenvalue weighted by Crippen LogP contribution is -2.08. The molecule has 0 saturated carbocycles. The van der Waals surface area contributed by atoms with Gasteiger partial charge in [0.2, 0.25) is 0 Å². The predicted molar refractivity (Wildman–Crippen MR) is 41.5 cm³/mol. The highest BCUT2D eigenvalue weighted by molar-refractivity contribution is 5.48. The second-order valence-corrected chi connectivity index (χ2v) is 2.44. The van der Waals surface area contributed by atoms with Crippen LogP contribution in [0, 0.1) is 5.82 Å². The molecule has 1 aromatic rings. The Hall–Kier alpha value is -1.32. The molecule has 0 aromatic heterocycles. The predicted octanol–water partition coefficient (Wildman–Crippen LogP) is 3.49. The minimum absolute atomic E-state index is 0.244. The fourth-order valence-electron chi connectivity index (χ4n) is 0.887. The highest BCUT2D eigenvalue weighted by atomic mass is 19.4. The number of halogens is 4. The molecule has 1 aromatic carbocycles. The molecular formula is C9H6F4. The van der Waals surface area contributed by atoms with Crippen LogP contribution < -0.4 is 0 Å². The van der Waals surface area contributed by atoms with Gasteiger partial charge in [-0.3, -0.25) is 0 Å². The summed E-state index contributed by atoms with van der Waals surface area (Å²) < 4.78 is 48.9. The smallest absolute Gasteiger partial charge is 0.206 e. The highest BCUT2D eigenvalue weighted by Crippen LogP contribution is 2.31. The minimum Gasteiger partial charge on any atom is -0.206 e. The zero-order valence-corrected chi connectivity index (χ0v) is 6.53. The first-order valence-corrected chi connectivity index (χ1v) is 3.44. The summed E-state index contributed by atoms with van der Waals surface area (Å²) in [7, 11) is 0. The van der Waals surface area contributed by atoms with Gasteiger partial charge in [0.15, 0.2) is 0 Å². The van der Waals surface area contributed by atoms with Crippen LogP contribution >= 0.6 is 0 Å². The summed E-state index contributed by atoms with van der Waals surface area (Å²) in [6, 6.07) is 2.74. The molecule has 0 aliphatic rings. The molecule has 0 unspecified atom stereocenters. The van der Waals surface area contributed by atoms with E-state index in [-0.39, 0.29) is 5.56 Å². The molecule has 70 valence electrons. The molecule has 0 amide bonds. The highest BCUT2D eigenvalue weighted by Gasteiger charge is 2.33. The van der Waals surface area contributed by atoms with E-state index >= 15 is 0 Å². The van der Waals surface area contributed by atoms with Crippen LogP contribution in [0.5, 0.6) is 0 Å². The molecule has 0 aliphatic carbocycles. The van der Waals surface area contributed by atoms with Crippen LogP contribution in [0.4, 0.5) is 17.6 Å². The van der Waals surface area contributed by atoms with Crippen LogP contribution in [0.2, 0.25) is 0 Å². The monoisotopic (exact) mass is 190 g/mol. The molecule has 13 heavy (non-hydrogen) atoms. The SMILES string of the molecule is C=Cc1ccc(F)c(C(F)(F)F)c1. The fourth-order valence-corrected chi connectivity index (χ4v) is 0.887. The fraction of sp³-hybridized carbons (Fsp3) is 0.111. The Kier molecular flexibility index (Phi) is 2.40. The van der Waals surface area contributed by atoms with Crippen LogP contribution in [0.15, 0.2) is 24.8 Å². The van der Waals surface area contributed by atoms with Crippen molar-refractivity contribution in [2.24, 2.45) is 0 Å². The van der Waals surface area contributed by atoms with Crippen molar-refractivity contribution >= 4 is 6.08 Å². The molecule has 0 aliphatic heterocycles. The summed E-state index contributed by atoms with van der Waals surface area (Å²) in [5.41, 5.74) is -1.02. The largest absolute Gasteiger partial charge is 0.419 e. The molecule has 1 rings (SSSR count). The lowest BCUT2D eigenvalue weighted by Gasteiger charge is -2.08. The van der Waals surface area contributed by atoms with Gasteiger partial charge in [0.25, 0.3) is 0 Å². The summed E-state index contributed by atoms with van der Waals surface area (Å²) in [4.78, 5) is 0. The summed E-state index contributed by atoms with van der Waals surface area (Å²) in [5, 5.41) is 0. The van der Waals surface area contributed by atoms with Gasteiger partial charge in [-0.1, -0.05) is 18.7 Å². The van der Waals surface area contributed by atoms with Crippen molar-refractivity contribution in [3.63, 3.8) is 0 Å². The Balaban J connectivity index is 3.27. The molecule has 0 radical (unpaired) electrons. The standard InChI is InChI=1S/C9H6F4/c1-2-6-3-4-8(10)7(5-6)9(11,12)13/h2-5H,1H2. The van der Waals surface area contributed by atoms with Crippen molar-refractivity contribution in [3.05, 3.63) is 41.7 Å². The number of benzene rings is 1. The first-order valence-electron chi connectivity index (χ1n) is 3.44. The normalized spacial score (nSPS) is 11.4. The van der Waals surface area contributed by atoms with Crippen molar-refractivity contribution < 1.29 is 17.6 Å². The number of rotatable bonds is 1. The van der Waals surface area contributed by atoms with E-state index in [0.29, 0.717) is 0 Å². The number of alkyl halides is 3. The Morgan fingerprint density at radius 3 is 2.31 bits per heavy atom. The van der Waals surface area contributed by atoms with Gasteiger partial charge in [-0.2, -0.15) is 13.2 Å². The van der Waals surface area contributed by atoms with Gasteiger partial charge in [-0.25, -0.2) is 4.39 Å². The van der Waals surface area contributed by atoms with Gasteiger partial charge in [-0.05, 0) is 17.7 Å². The average molecular weight is 190 g/mol. The van der Waals surface area contributed by atoms with Gasteiger partial charge in [0.05, 0.1) is 5.56 Å². The maximum Gasteiger partial charge on any atom is 0.419 e. The molecular weight excluding hydrogens is 184 g/mol. The summed E-state index contributed by atoms with van der Waals surface area (Å²) in [6.07, 6.45) is -3.42. The summed E-state index contributed by atoms with van der Waals surface area (Å²) >= 11 is 0. The molecule has 0 bridgehead atoms. The average Bonchev–Trinajstić information content (AvgIpc) is 2.03. The molecule has 0 saturated heterocycles. The second kappa shape index (κ2) is 3.20. The van der Waals surface area contributed by atoms with Crippen LogP contribution in [0.1, 0.15) is 11.1 Å². The molecule has 0 spiro atoms. The first-order chi connectivity index (χ1) is 5.95. The Morgan fingerprint density at radius 1 is 1.23 bits per heavy atom. The lowest BCUT2D eigenvalue weighted by atomic mass is 10.1. The maximum absolute atomic E-state index is 12.6. The Bertz CT molecular complexity index is 325. The molecule has 0 nitrogen and oxygen atoms in total. The zero-order chi connectivity index (χ0) is 10.1. The van der Waals surface area contributed by atoms with Gasteiger partial charge in [-0.15, -0.1) is 0 Å². The van der Waals surface area contributed by atoms with Crippen LogP contribution in [0.25, 0.3) is 6.08 Å². The quantitative estimate of drug-likeness (QED) is 0.594. The van der Waals surface area contributed by atoms with Crippen molar-refractivity contribution in [2.75, 3.05) is 0 Å². The van der Waals surface area contributed by atoms with Gasteiger partial charge in [0, 0.05) is 0 Å². The zero-order valence-electron chi connectivity index (χ0n) is 6.53. The van der Waals surface area contributed by atoms with E-state index in [1.54, 1.807) is 0 Å². The van der Waals surface area contributed by atoms with E-state index in [9.17, 15) is 17.6 Å². The van der Waals surface area contributed by atoms with Gasteiger partial charge in [0.1, 0.15) is 5.82 Å². The van der Waals surface area contributed by atoms with Gasteiger partial charge < -0.3 is 0 Å². The molecule has 0 heterocycles.